The van der Waals surface area contributed by atoms with Gasteiger partial charge < -0.3 is 5.73 Å². The molecule has 0 aromatic heterocycles. The predicted molar refractivity (Wildman–Crippen MR) is 49.4 cm³/mol. The first-order valence-electron chi connectivity index (χ1n) is 4.86. The summed E-state index contributed by atoms with van der Waals surface area (Å²) in [5.74, 6) is 0.864. The molecule has 66 valence electrons. The van der Waals surface area contributed by atoms with Crippen molar-refractivity contribution in [1.29, 1.82) is 0 Å². The van der Waals surface area contributed by atoms with Gasteiger partial charge in [-0.1, -0.05) is 20.3 Å². The van der Waals surface area contributed by atoms with Gasteiger partial charge in [0.25, 0.3) is 0 Å². The summed E-state index contributed by atoms with van der Waals surface area (Å²) in [6.45, 7) is 6.76. The molecule has 0 aliphatic heterocycles. The van der Waals surface area contributed by atoms with Crippen LogP contribution in [-0.4, -0.2) is 6.04 Å². The molecule has 2 unspecified atom stereocenters. The van der Waals surface area contributed by atoms with E-state index < -0.39 is 0 Å². The average Bonchev–Trinajstić information content (AvgIpc) is 2.69. The Morgan fingerprint density at radius 3 is 2.18 bits per heavy atom. The molecule has 0 heterocycles. The van der Waals surface area contributed by atoms with Crippen LogP contribution in [0.1, 0.15) is 46.5 Å². The van der Waals surface area contributed by atoms with E-state index in [1.165, 1.54) is 25.7 Å². The van der Waals surface area contributed by atoms with Crippen molar-refractivity contribution in [2.45, 2.75) is 52.5 Å². The van der Waals surface area contributed by atoms with Gasteiger partial charge in [0.2, 0.25) is 0 Å². The summed E-state index contributed by atoms with van der Waals surface area (Å²) in [6, 6.07) is 0.413. The molecule has 0 amide bonds. The Bertz CT molecular complexity index is 125. The van der Waals surface area contributed by atoms with Crippen LogP contribution in [0.25, 0.3) is 0 Å². The molecule has 2 atom stereocenters. The standard InChI is InChI=1S/C10H21N/c1-4-8(2)7-10(5-6-10)9(3)11/h8-9H,4-7,11H2,1-3H3. The maximum atomic E-state index is 5.94. The normalized spacial score (nSPS) is 26.2. The summed E-state index contributed by atoms with van der Waals surface area (Å²) < 4.78 is 0. The fourth-order valence-electron chi connectivity index (χ4n) is 1.84. The van der Waals surface area contributed by atoms with Crippen molar-refractivity contribution in [2.24, 2.45) is 17.1 Å². The summed E-state index contributed by atoms with van der Waals surface area (Å²) in [7, 11) is 0. The quantitative estimate of drug-likeness (QED) is 0.663. The summed E-state index contributed by atoms with van der Waals surface area (Å²) >= 11 is 0. The molecule has 2 N–H and O–H groups in total. The molecule has 1 aliphatic rings. The number of rotatable bonds is 4. The second-order valence-electron chi connectivity index (χ2n) is 4.37. The molecule has 11 heavy (non-hydrogen) atoms. The van der Waals surface area contributed by atoms with Gasteiger partial charge in [0.1, 0.15) is 0 Å². The Morgan fingerprint density at radius 2 is 1.91 bits per heavy atom. The molecule has 1 fully saturated rings. The Morgan fingerprint density at radius 1 is 1.36 bits per heavy atom. The van der Waals surface area contributed by atoms with Crippen LogP contribution in [0.4, 0.5) is 0 Å². The molecule has 0 aromatic carbocycles. The Balaban J connectivity index is 2.35. The van der Waals surface area contributed by atoms with Crippen LogP contribution >= 0.6 is 0 Å². The van der Waals surface area contributed by atoms with Crippen LogP contribution in [0.2, 0.25) is 0 Å². The Hall–Kier alpha value is -0.0400. The predicted octanol–water partition coefficient (Wildman–Crippen LogP) is 2.55. The lowest BCUT2D eigenvalue weighted by Gasteiger charge is -2.22. The molecule has 1 aliphatic carbocycles. The largest absolute Gasteiger partial charge is 0.327 e. The van der Waals surface area contributed by atoms with Crippen LogP contribution in [-0.2, 0) is 0 Å². The van der Waals surface area contributed by atoms with Gasteiger partial charge in [-0.2, -0.15) is 0 Å². The van der Waals surface area contributed by atoms with Gasteiger partial charge in [0.15, 0.2) is 0 Å². The summed E-state index contributed by atoms with van der Waals surface area (Å²) in [4.78, 5) is 0. The minimum atomic E-state index is 0.413. The monoisotopic (exact) mass is 155 g/mol. The first kappa shape index (κ1) is 9.05. The fraction of sp³-hybridized carbons (Fsp3) is 1.00. The number of hydrogen-bond acceptors (Lipinski definition) is 1. The third kappa shape index (κ3) is 1.96. The van der Waals surface area contributed by atoms with Gasteiger partial charge in [-0.25, -0.2) is 0 Å². The van der Waals surface area contributed by atoms with Crippen molar-refractivity contribution in [1.82, 2.24) is 0 Å². The zero-order valence-corrected chi connectivity index (χ0v) is 8.06. The third-order valence-corrected chi connectivity index (χ3v) is 3.31. The summed E-state index contributed by atoms with van der Waals surface area (Å²) in [5.41, 5.74) is 6.49. The van der Waals surface area contributed by atoms with E-state index in [4.69, 9.17) is 5.73 Å². The first-order valence-corrected chi connectivity index (χ1v) is 4.86. The van der Waals surface area contributed by atoms with Crippen LogP contribution in [0.3, 0.4) is 0 Å². The van der Waals surface area contributed by atoms with E-state index in [9.17, 15) is 0 Å². The lowest BCUT2D eigenvalue weighted by molar-refractivity contribution is 0.319. The topological polar surface area (TPSA) is 26.0 Å². The molecule has 0 radical (unpaired) electrons. The maximum Gasteiger partial charge on any atom is 0.00671 e. The highest BCUT2D eigenvalue weighted by Crippen LogP contribution is 2.52. The van der Waals surface area contributed by atoms with Crippen LogP contribution < -0.4 is 5.73 Å². The van der Waals surface area contributed by atoms with E-state index in [1.54, 1.807) is 0 Å². The Labute approximate surface area is 70.4 Å². The number of nitrogens with two attached hydrogens (primary N) is 1. The van der Waals surface area contributed by atoms with E-state index in [-0.39, 0.29) is 0 Å². The molecule has 1 rings (SSSR count). The molecule has 0 spiro atoms. The van der Waals surface area contributed by atoms with Gasteiger partial charge in [-0.05, 0) is 37.5 Å². The molecule has 0 bridgehead atoms. The van der Waals surface area contributed by atoms with E-state index in [2.05, 4.69) is 20.8 Å². The van der Waals surface area contributed by atoms with Crippen molar-refractivity contribution in [3.05, 3.63) is 0 Å². The van der Waals surface area contributed by atoms with Gasteiger partial charge in [-0.15, -0.1) is 0 Å². The lowest BCUT2D eigenvalue weighted by atomic mass is 9.87. The molecular weight excluding hydrogens is 134 g/mol. The second kappa shape index (κ2) is 3.14. The molecule has 0 aromatic rings. The van der Waals surface area contributed by atoms with E-state index >= 15 is 0 Å². The van der Waals surface area contributed by atoms with Gasteiger partial charge >= 0.3 is 0 Å². The molecule has 0 saturated heterocycles. The number of hydrogen-bond donors (Lipinski definition) is 1. The minimum absolute atomic E-state index is 0.413. The van der Waals surface area contributed by atoms with Crippen molar-refractivity contribution < 1.29 is 0 Å². The lowest BCUT2D eigenvalue weighted by Crippen LogP contribution is -2.29. The molecule has 1 heteroatoms. The van der Waals surface area contributed by atoms with Crippen LogP contribution in [0.5, 0.6) is 0 Å². The molecule has 1 nitrogen and oxygen atoms in total. The van der Waals surface area contributed by atoms with Crippen molar-refractivity contribution in [3.8, 4) is 0 Å². The maximum absolute atomic E-state index is 5.94. The van der Waals surface area contributed by atoms with E-state index in [0.717, 1.165) is 5.92 Å². The van der Waals surface area contributed by atoms with E-state index in [1.807, 2.05) is 0 Å². The Kier molecular flexibility index (Phi) is 2.58. The van der Waals surface area contributed by atoms with Crippen molar-refractivity contribution >= 4 is 0 Å². The zero-order valence-electron chi connectivity index (χ0n) is 8.06. The van der Waals surface area contributed by atoms with Crippen molar-refractivity contribution in [2.75, 3.05) is 0 Å². The van der Waals surface area contributed by atoms with Gasteiger partial charge in [0.05, 0.1) is 0 Å². The smallest absolute Gasteiger partial charge is 0.00671 e. The first-order chi connectivity index (χ1) is 5.10. The summed E-state index contributed by atoms with van der Waals surface area (Å²) in [5, 5.41) is 0. The van der Waals surface area contributed by atoms with E-state index in [0.29, 0.717) is 11.5 Å². The highest BCUT2D eigenvalue weighted by atomic mass is 14.7. The SMILES string of the molecule is CCC(C)CC1(C(C)N)CC1. The van der Waals surface area contributed by atoms with Gasteiger partial charge in [0, 0.05) is 6.04 Å². The highest BCUT2D eigenvalue weighted by Gasteiger charge is 2.45. The minimum Gasteiger partial charge on any atom is -0.327 e. The summed E-state index contributed by atoms with van der Waals surface area (Å²) in [6.07, 6.45) is 5.39. The van der Waals surface area contributed by atoms with Gasteiger partial charge in [-0.3, -0.25) is 0 Å². The third-order valence-electron chi connectivity index (χ3n) is 3.31. The fourth-order valence-corrected chi connectivity index (χ4v) is 1.84. The van der Waals surface area contributed by atoms with Crippen LogP contribution in [0, 0.1) is 11.3 Å². The molecular formula is C10H21N. The molecule has 1 saturated carbocycles. The average molecular weight is 155 g/mol. The van der Waals surface area contributed by atoms with Crippen LogP contribution in [0.15, 0.2) is 0 Å². The highest BCUT2D eigenvalue weighted by molar-refractivity contribution is 4.99. The zero-order chi connectivity index (χ0) is 8.48. The second-order valence-corrected chi connectivity index (χ2v) is 4.37. The van der Waals surface area contributed by atoms with Crippen molar-refractivity contribution in [3.63, 3.8) is 0 Å².